The van der Waals surface area contributed by atoms with Gasteiger partial charge in [-0.25, -0.2) is 8.78 Å². The highest BCUT2D eigenvalue weighted by atomic mass is 35.5. The van der Waals surface area contributed by atoms with Crippen LogP contribution in [0.2, 0.25) is 5.02 Å². The minimum absolute atomic E-state index is 0.0248. The van der Waals surface area contributed by atoms with Gasteiger partial charge < -0.3 is 4.90 Å². The number of thioether (sulfide) groups is 1. The van der Waals surface area contributed by atoms with E-state index in [1.165, 1.54) is 45.8 Å². The molecule has 0 unspecified atom stereocenters. The molecule has 31 heavy (non-hydrogen) atoms. The van der Waals surface area contributed by atoms with Gasteiger partial charge in [0.25, 0.3) is 5.91 Å². The van der Waals surface area contributed by atoms with Crippen LogP contribution in [-0.2, 0) is 21.0 Å². The van der Waals surface area contributed by atoms with Crippen LogP contribution in [0.4, 0.5) is 20.2 Å². The number of rotatable bonds is 3. The lowest BCUT2D eigenvalue weighted by Gasteiger charge is -2.33. The molecule has 3 aromatic rings. The minimum atomic E-state index is -1.36. The fourth-order valence-corrected chi connectivity index (χ4v) is 5.67. The number of para-hydroxylation sites is 1. The number of hydrogen-bond donors (Lipinski definition) is 0. The third-order valence-electron chi connectivity index (χ3n) is 5.51. The van der Waals surface area contributed by atoms with Gasteiger partial charge in [-0.1, -0.05) is 48.0 Å². The summed E-state index contributed by atoms with van der Waals surface area (Å²) in [6.07, 6.45) is 0. The molecule has 0 radical (unpaired) electrons. The van der Waals surface area contributed by atoms with E-state index in [1.807, 2.05) is 0 Å². The van der Waals surface area contributed by atoms with Gasteiger partial charge in [0.05, 0.1) is 23.0 Å². The van der Waals surface area contributed by atoms with Gasteiger partial charge in [0.15, 0.2) is 0 Å². The fourth-order valence-electron chi connectivity index (χ4n) is 4.13. The Kier molecular flexibility index (Phi) is 4.75. The number of benzene rings is 3. The molecule has 0 saturated carbocycles. The number of carbonyl (C=O) groups excluding carboxylic acids is 2. The van der Waals surface area contributed by atoms with Crippen molar-refractivity contribution in [1.82, 2.24) is 0 Å². The Morgan fingerprint density at radius 1 is 0.968 bits per heavy atom. The van der Waals surface area contributed by atoms with Crippen LogP contribution in [0, 0.1) is 11.6 Å². The third-order valence-corrected chi connectivity index (χ3v) is 7.19. The Morgan fingerprint density at radius 3 is 2.48 bits per heavy atom. The van der Waals surface area contributed by atoms with Crippen LogP contribution in [0.3, 0.4) is 0 Å². The lowest BCUT2D eigenvalue weighted by molar-refractivity contribution is -0.123. The molecule has 2 aliphatic rings. The van der Waals surface area contributed by atoms with E-state index in [2.05, 4.69) is 0 Å². The van der Waals surface area contributed by atoms with E-state index in [9.17, 15) is 18.4 Å². The number of anilines is 2. The predicted octanol–water partition coefficient (Wildman–Crippen LogP) is 5.10. The highest BCUT2D eigenvalue weighted by molar-refractivity contribution is 8.02. The number of halogens is 3. The summed E-state index contributed by atoms with van der Waals surface area (Å²) in [6, 6.07) is 17.4. The van der Waals surface area contributed by atoms with Crippen molar-refractivity contribution in [3.05, 3.63) is 94.5 Å². The molecule has 2 aliphatic heterocycles. The van der Waals surface area contributed by atoms with Gasteiger partial charge in [-0.15, -0.1) is 11.8 Å². The van der Waals surface area contributed by atoms with E-state index >= 15 is 0 Å². The molecule has 5 rings (SSSR count). The van der Waals surface area contributed by atoms with Gasteiger partial charge in [0.2, 0.25) is 10.8 Å². The molecular formula is C23H15ClF2N2O2S. The average molecular weight is 457 g/mol. The molecule has 8 heteroatoms. The van der Waals surface area contributed by atoms with E-state index in [1.54, 1.807) is 42.5 Å². The zero-order valence-electron chi connectivity index (χ0n) is 16.0. The lowest BCUT2D eigenvalue weighted by Crippen LogP contribution is -2.49. The summed E-state index contributed by atoms with van der Waals surface area (Å²) in [5.41, 5.74) is 1.94. The van der Waals surface area contributed by atoms with Crippen LogP contribution < -0.4 is 9.80 Å². The van der Waals surface area contributed by atoms with Crippen molar-refractivity contribution >= 4 is 46.6 Å². The molecule has 156 valence electrons. The molecule has 1 saturated heterocycles. The Morgan fingerprint density at radius 2 is 1.71 bits per heavy atom. The molecule has 1 fully saturated rings. The first-order chi connectivity index (χ1) is 14.9. The fraction of sp³-hybridized carbons (Fsp3) is 0.130. The summed E-state index contributed by atoms with van der Waals surface area (Å²) < 4.78 is 28.1. The maximum Gasteiger partial charge on any atom is 0.269 e. The highest BCUT2D eigenvalue weighted by Gasteiger charge is 2.61. The van der Waals surface area contributed by atoms with Crippen LogP contribution >= 0.6 is 23.4 Å². The second kappa shape index (κ2) is 7.35. The van der Waals surface area contributed by atoms with Crippen LogP contribution in [0.15, 0.2) is 66.7 Å². The topological polar surface area (TPSA) is 40.6 Å². The summed E-state index contributed by atoms with van der Waals surface area (Å²) in [5, 5.41) is -0.140. The van der Waals surface area contributed by atoms with Gasteiger partial charge in [0, 0.05) is 16.8 Å². The Balaban J connectivity index is 1.66. The van der Waals surface area contributed by atoms with Gasteiger partial charge in [-0.3, -0.25) is 14.5 Å². The van der Waals surface area contributed by atoms with Crippen molar-refractivity contribution in [1.29, 1.82) is 0 Å². The van der Waals surface area contributed by atoms with Crippen LogP contribution in [0.25, 0.3) is 0 Å². The minimum Gasteiger partial charge on any atom is -0.304 e. The third kappa shape index (κ3) is 2.95. The van der Waals surface area contributed by atoms with Crippen molar-refractivity contribution < 1.29 is 18.4 Å². The molecule has 3 aromatic carbocycles. The first-order valence-corrected chi connectivity index (χ1v) is 10.9. The SMILES string of the molecule is O=C1CS[C@]2(C(=O)N(Cc3ccccc3F)c3ccccc32)N1c1ccc(F)c(Cl)c1. The zero-order valence-corrected chi connectivity index (χ0v) is 17.6. The Bertz CT molecular complexity index is 1240. The maximum absolute atomic E-state index is 14.3. The average Bonchev–Trinajstić information content (AvgIpc) is 3.23. The number of hydrogen-bond acceptors (Lipinski definition) is 3. The maximum atomic E-state index is 14.3. The lowest BCUT2D eigenvalue weighted by atomic mass is 10.0. The smallest absolute Gasteiger partial charge is 0.269 e. The van der Waals surface area contributed by atoms with Gasteiger partial charge in [-0.2, -0.15) is 0 Å². The zero-order chi connectivity index (χ0) is 21.8. The summed E-state index contributed by atoms with van der Waals surface area (Å²) in [5.74, 6) is -1.59. The van der Waals surface area contributed by atoms with Crippen molar-refractivity contribution in [2.24, 2.45) is 0 Å². The second-order valence-electron chi connectivity index (χ2n) is 7.26. The molecule has 0 N–H and O–H groups in total. The van der Waals surface area contributed by atoms with E-state index in [-0.39, 0.29) is 29.1 Å². The molecular weight excluding hydrogens is 442 g/mol. The second-order valence-corrected chi connectivity index (χ2v) is 8.84. The van der Waals surface area contributed by atoms with Gasteiger partial charge in [0.1, 0.15) is 11.6 Å². The Hall–Kier alpha value is -2.90. The molecule has 0 aliphatic carbocycles. The first kappa shape index (κ1) is 20.0. The summed E-state index contributed by atoms with van der Waals surface area (Å²) in [4.78, 5) is 28.3. The number of carbonyl (C=O) groups is 2. The summed E-state index contributed by atoms with van der Waals surface area (Å²) in [7, 11) is 0. The van der Waals surface area contributed by atoms with Crippen molar-refractivity contribution in [2.45, 2.75) is 11.4 Å². The van der Waals surface area contributed by atoms with Crippen LogP contribution in [0.5, 0.6) is 0 Å². The van der Waals surface area contributed by atoms with E-state index in [4.69, 9.17) is 11.6 Å². The first-order valence-electron chi connectivity index (χ1n) is 9.50. The Labute approximate surface area is 186 Å². The van der Waals surface area contributed by atoms with Crippen molar-refractivity contribution in [2.75, 3.05) is 15.6 Å². The highest BCUT2D eigenvalue weighted by Crippen LogP contribution is 2.56. The van der Waals surface area contributed by atoms with E-state index in [0.717, 1.165) is 0 Å². The molecule has 1 atom stereocenters. The van der Waals surface area contributed by atoms with Crippen LogP contribution in [0.1, 0.15) is 11.1 Å². The van der Waals surface area contributed by atoms with Gasteiger partial charge >= 0.3 is 0 Å². The van der Waals surface area contributed by atoms with E-state index < -0.39 is 16.5 Å². The number of nitrogens with zero attached hydrogens (tertiary/aromatic N) is 2. The quantitative estimate of drug-likeness (QED) is 0.550. The molecule has 0 bridgehead atoms. The molecule has 2 amide bonds. The summed E-state index contributed by atoms with van der Waals surface area (Å²) in [6.45, 7) is 0.0248. The van der Waals surface area contributed by atoms with Crippen molar-refractivity contribution in [3.8, 4) is 0 Å². The molecule has 2 heterocycles. The standard InChI is InChI=1S/C23H15ClF2N2O2S/c24-17-11-15(9-10-19(17)26)28-21(29)13-31-23(28)16-6-2-4-8-20(16)27(22(23)30)12-14-5-1-3-7-18(14)25/h1-11H,12-13H2/t23-/m1/s1. The largest absolute Gasteiger partial charge is 0.304 e. The molecule has 4 nitrogen and oxygen atoms in total. The predicted molar refractivity (Wildman–Crippen MR) is 117 cm³/mol. The number of amides is 2. The van der Waals surface area contributed by atoms with Crippen molar-refractivity contribution in [3.63, 3.8) is 0 Å². The monoisotopic (exact) mass is 456 g/mol. The summed E-state index contributed by atoms with van der Waals surface area (Å²) >= 11 is 7.17. The van der Waals surface area contributed by atoms with E-state index in [0.29, 0.717) is 22.5 Å². The van der Waals surface area contributed by atoms with Crippen LogP contribution in [-0.4, -0.2) is 17.6 Å². The molecule has 1 spiro atoms. The normalized spacial score (nSPS) is 20.1. The molecule has 0 aromatic heterocycles. The van der Waals surface area contributed by atoms with Gasteiger partial charge in [-0.05, 0) is 30.3 Å². The number of fused-ring (bicyclic) bond motifs is 2.